The molecule has 0 aromatic rings. The van der Waals surface area contributed by atoms with Crippen LogP contribution in [0.2, 0.25) is 0 Å². The van der Waals surface area contributed by atoms with Gasteiger partial charge in [-0.1, -0.05) is 0 Å². The van der Waals surface area contributed by atoms with Gasteiger partial charge in [-0.15, -0.1) is 11.6 Å². The highest BCUT2D eigenvalue weighted by Gasteiger charge is 2.06. The van der Waals surface area contributed by atoms with E-state index in [0.29, 0.717) is 6.42 Å². The Morgan fingerprint density at radius 1 is 1.60 bits per heavy atom. The van der Waals surface area contributed by atoms with Crippen LogP contribution in [0.25, 0.3) is 0 Å². The summed E-state index contributed by atoms with van der Waals surface area (Å²) < 4.78 is 22.9. The molecule has 0 aliphatic carbocycles. The molecule has 6 heteroatoms. The van der Waals surface area contributed by atoms with Crippen LogP contribution in [0.4, 0.5) is 0 Å². The van der Waals surface area contributed by atoms with Gasteiger partial charge in [-0.2, -0.15) is 5.26 Å². The van der Waals surface area contributed by atoms with Gasteiger partial charge in [0.1, 0.15) is 0 Å². The molecule has 0 saturated heterocycles. The lowest BCUT2D eigenvalue weighted by molar-refractivity contribution is 0.590. The summed E-state index contributed by atoms with van der Waals surface area (Å²) in [6, 6.07) is 0. The minimum Gasteiger partial charge on any atom is -0.219 e. The molecule has 0 amide bonds. The summed E-state index contributed by atoms with van der Waals surface area (Å²) >= 11 is 5.23. The van der Waals surface area contributed by atoms with Crippen molar-refractivity contribution in [2.45, 2.75) is 6.42 Å². The zero-order valence-corrected chi connectivity index (χ0v) is 6.74. The highest BCUT2D eigenvalue weighted by atomic mass is 35.5. The van der Waals surface area contributed by atoms with E-state index < -0.39 is 10.0 Å². The van der Waals surface area contributed by atoms with E-state index in [9.17, 15) is 8.42 Å². The predicted octanol–water partition coefficient (Wildman–Crippen LogP) is 0.0158. The van der Waals surface area contributed by atoms with Crippen LogP contribution < -0.4 is 4.72 Å². The second-order valence-electron chi connectivity index (χ2n) is 1.58. The first-order chi connectivity index (χ1) is 4.62. The zero-order valence-electron chi connectivity index (χ0n) is 5.17. The first kappa shape index (κ1) is 9.53. The SMILES string of the molecule is N#CNS(=O)(=O)CCCCl. The highest BCUT2D eigenvalue weighted by Crippen LogP contribution is 1.90. The van der Waals surface area contributed by atoms with Gasteiger partial charge in [0.15, 0.2) is 6.19 Å². The monoisotopic (exact) mass is 182 g/mol. The minimum absolute atomic E-state index is 0.0932. The van der Waals surface area contributed by atoms with Gasteiger partial charge in [0.2, 0.25) is 10.0 Å². The van der Waals surface area contributed by atoms with E-state index in [1.165, 1.54) is 6.19 Å². The van der Waals surface area contributed by atoms with Crippen molar-refractivity contribution in [2.24, 2.45) is 0 Å². The topological polar surface area (TPSA) is 70.0 Å². The molecule has 0 aromatic carbocycles. The van der Waals surface area contributed by atoms with Gasteiger partial charge < -0.3 is 0 Å². The van der Waals surface area contributed by atoms with E-state index in [0.717, 1.165) is 0 Å². The van der Waals surface area contributed by atoms with Crippen LogP contribution in [0.3, 0.4) is 0 Å². The van der Waals surface area contributed by atoms with Crippen LogP contribution >= 0.6 is 11.6 Å². The zero-order chi connectivity index (χ0) is 8.04. The van der Waals surface area contributed by atoms with Crippen LogP contribution in [0, 0.1) is 11.5 Å². The quantitative estimate of drug-likeness (QED) is 0.379. The fourth-order valence-corrected chi connectivity index (χ4v) is 1.42. The van der Waals surface area contributed by atoms with E-state index >= 15 is 0 Å². The number of hydrogen-bond donors (Lipinski definition) is 1. The molecule has 0 heterocycles. The molecule has 0 spiro atoms. The Hall–Kier alpha value is -0.470. The maximum absolute atomic E-state index is 10.6. The third-order valence-electron chi connectivity index (χ3n) is 0.748. The normalized spacial score (nSPS) is 10.4. The van der Waals surface area contributed by atoms with Crippen LogP contribution in [-0.2, 0) is 10.0 Å². The predicted molar refractivity (Wildman–Crippen MR) is 37.9 cm³/mol. The van der Waals surface area contributed by atoms with Crippen LogP contribution in [0.5, 0.6) is 0 Å². The lowest BCUT2D eigenvalue weighted by Crippen LogP contribution is -2.21. The molecular formula is C4H7ClN2O2S. The summed E-state index contributed by atoms with van der Waals surface area (Å²) in [7, 11) is -3.39. The molecule has 0 atom stereocenters. The van der Waals surface area contributed by atoms with Crippen LogP contribution in [0.15, 0.2) is 0 Å². The van der Waals surface area contributed by atoms with E-state index in [-0.39, 0.29) is 11.6 Å². The van der Waals surface area contributed by atoms with Gasteiger partial charge in [-0.25, -0.2) is 13.1 Å². The van der Waals surface area contributed by atoms with Crippen molar-refractivity contribution in [3.05, 3.63) is 0 Å². The molecule has 58 valence electrons. The summed E-state index contributed by atoms with van der Waals surface area (Å²) in [4.78, 5) is 0. The standard InChI is InChI=1S/C4H7ClN2O2S/c5-2-1-3-10(8,9)7-4-6/h7H,1-3H2. The maximum Gasteiger partial charge on any atom is 0.240 e. The van der Waals surface area contributed by atoms with E-state index in [1.54, 1.807) is 4.72 Å². The molecule has 1 N–H and O–H groups in total. The number of rotatable bonds is 4. The maximum atomic E-state index is 10.6. The summed E-state index contributed by atoms with van der Waals surface area (Å²) in [6.45, 7) is 0. The van der Waals surface area contributed by atoms with Crippen molar-refractivity contribution >= 4 is 21.6 Å². The number of hydrogen-bond acceptors (Lipinski definition) is 3. The Bertz CT molecular complexity index is 218. The molecule has 0 aliphatic heterocycles. The molecule has 0 rings (SSSR count). The Morgan fingerprint density at radius 3 is 2.60 bits per heavy atom. The molecule has 0 bridgehead atoms. The number of sulfonamides is 1. The van der Waals surface area contributed by atoms with Gasteiger partial charge in [0.05, 0.1) is 5.75 Å². The van der Waals surface area contributed by atoms with Crippen molar-refractivity contribution < 1.29 is 8.42 Å². The molecule has 4 nitrogen and oxygen atoms in total. The Kier molecular flexibility index (Phi) is 4.16. The molecule has 0 radical (unpaired) electrons. The summed E-state index contributed by atoms with van der Waals surface area (Å²) in [5, 5.41) is 7.93. The number of nitrogens with zero attached hydrogens (tertiary/aromatic N) is 1. The second kappa shape index (κ2) is 4.36. The largest absolute Gasteiger partial charge is 0.240 e. The fraction of sp³-hybridized carbons (Fsp3) is 0.750. The minimum atomic E-state index is -3.39. The average Bonchev–Trinajstić information content (AvgIpc) is 1.84. The van der Waals surface area contributed by atoms with Crippen molar-refractivity contribution in [1.29, 1.82) is 5.26 Å². The molecular weight excluding hydrogens is 176 g/mol. The molecule has 10 heavy (non-hydrogen) atoms. The Morgan fingerprint density at radius 2 is 2.20 bits per heavy atom. The molecule has 0 unspecified atom stereocenters. The lowest BCUT2D eigenvalue weighted by atomic mass is 10.6. The van der Waals surface area contributed by atoms with Crippen molar-refractivity contribution in [2.75, 3.05) is 11.6 Å². The van der Waals surface area contributed by atoms with Crippen molar-refractivity contribution in [3.63, 3.8) is 0 Å². The van der Waals surface area contributed by atoms with Gasteiger partial charge in [-0.05, 0) is 6.42 Å². The third-order valence-corrected chi connectivity index (χ3v) is 2.24. The molecule has 0 fully saturated rings. The van der Waals surface area contributed by atoms with Gasteiger partial charge in [0, 0.05) is 5.88 Å². The number of alkyl halides is 1. The van der Waals surface area contributed by atoms with Gasteiger partial charge >= 0.3 is 0 Å². The molecule has 0 aliphatic rings. The Balaban J connectivity index is 3.80. The third kappa shape index (κ3) is 4.41. The summed E-state index contributed by atoms with van der Waals surface area (Å²) in [6.07, 6.45) is 1.70. The number of halogens is 1. The smallest absolute Gasteiger partial charge is 0.219 e. The average molecular weight is 183 g/mol. The van der Waals surface area contributed by atoms with E-state index in [2.05, 4.69) is 0 Å². The first-order valence-corrected chi connectivity index (χ1v) is 4.75. The van der Waals surface area contributed by atoms with Crippen molar-refractivity contribution in [1.82, 2.24) is 4.72 Å². The van der Waals surface area contributed by atoms with Crippen LogP contribution in [0.1, 0.15) is 6.42 Å². The van der Waals surface area contributed by atoms with E-state index in [4.69, 9.17) is 16.9 Å². The van der Waals surface area contributed by atoms with Gasteiger partial charge in [-0.3, -0.25) is 0 Å². The van der Waals surface area contributed by atoms with Crippen molar-refractivity contribution in [3.8, 4) is 6.19 Å². The molecule has 0 saturated carbocycles. The molecule has 0 aromatic heterocycles. The summed E-state index contributed by atoms with van der Waals surface area (Å²) in [5.41, 5.74) is 0. The summed E-state index contributed by atoms with van der Waals surface area (Å²) in [5.74, 6) is 0.191. The number of nitriles is 1. The fourth-order valence-electron chi connectivity index (χ4n) is 0.365. The van der Waals surface area contributed by atoms with Crippen LogP contribution in [-0.4, -0.2) is 20.1 Å². The lowest BCUT2D eigenvalue weighted by Gasteiger charge is -1.96. The second-order valence-corrected chi connectivity index (χ2v) is 3.80. The Labute approximate surface area is 64.8 Å². The van der Waals surface area contributed by atoms with Gasteiger partial charge in [0.25, 0.3) is 0 Å². The van der Waals surface area contributed by atoms with E-state index in [1.807, 2.05) is 0 Å². The first-order valence-electron chi connectivity index (χ1n) is 2.57. The number of nitrogens with one attached hydrogen (secondary N) is 1. The highest BCUT2D eigenvalue weighted by molar-refractivity contribution is 7.89.